The van der Waals surface area contributed by atoms with Crippen molar-refractivity contribution in [2.24, 2.45) is 0 Å². The standard InChI is InChI=1S/C10H5F3O4/c1-2-16-8-6(9(14)15)4-3-5-7(8)17-10(11,12)13/h1,3-5H,(H,14,15)/p-1. The summed E-state index contributed by atoms with van der Waals surface area (Å²) in [6.45, 7) is 0. The topological polar surface area (TPSA) is 58.6 Å². The van der Waals surface area contributed by atoms with Crippen molar-refractivity contribution < 1.29 is 32.5 Å². The van der Waals surface area contributed by atoms with Gasteiger partial charge in [-0.15, -0.1) is 13.2 Å². The first kappa shape index (κ1) is 12.7. The zero-order valence-corrected chi connectivity index (χ0v) is 8.08. The minimum absolute atomic E-state index is 0.635. The Kier molecular flexibility index (Phi) is 3.48. The molecule has 7 heteroatoms. The summed E-state index contributed by atoms with van der Waals surface area (Å²) in [5.74, 6) is -3.31. The molecule has 0 aliphatic heterocycles. The molecule has 0 N–H and O–H groups in total. The summed E-state index contributed by atoms with van der Waals surface area (Å²) >= 11 is 0. The Hall–Kier alpha value is -2.36. The minimum atomic E-state index is -4.99. The van der Waals surface area contributed by atoms with E-state index in [0.717, 1.165) is 18.2 Å². The fourth-order valence-corrected chi connectivity index (χ4v) is 1.05. The highest BCUT2D eigenvalue weighted by Crippen LogP contribution is 2.34. The number of rotatable bonds is 3. The van der Waals surface area contributed by atoms with Gasteiger partial charge in [-0.1, -0.05) is 12.5 Å². The van der Waals surface area contributed by atoms with Crippen LogP contribution in [-0.4, -0.2) is 12.3 Å². The van der Waals surface area contributed by atoms with E-state index in [1.807, 2.05) is 0 Å². The summed E-state index contributed by atoms with van der Waals surface area (Å²) in [6, 6.07) is 2.88. The van der Waals surface area contributed by atoms with Gasteiger partial charge in [-0.05, 0) is 12.1 Å². The fourth-order valence-electron chi connectivity index (χ4n) is 1.05. The van der Waals surface area contributed by atoms with Crippen molar-refractivity contribution in [2.45, 2.75) is 6.36 Å². The molecule has 0 saturated carbocycles. The molecule has 0 saturated heterocycles. The molecule has 1 rings (SSSR count). The van der Waals surface area contributed by atoms with Gasteiger partial charge in [0.2, 0.25) is 0 Å². The van der Waals surface area contributed by atoms with Crippen LogP contribution < -0.4 is 14.6 Å². The summed E-state index contributed by atoms with van der Waals surface area (Å²) in [7, 11) is 0. The number of carbonyl (C=O) groups excluding carboxylic acids is 1. The molecule has 1 aromatic carbocycles. The lowest BCUT2D eigenvalue weighted by Crippen LogP contribution is -2.24. The van der Waals surface area contributed by atoms with Gasteiger partial charge in [0, 0.05) is 5.56 Å². The summed E-state index contributed by atoms with van der Waals surface area (Å²) in [4.78, 5) is 10.6. The lowest BCUT2D eigenvalue weighted by Gasteiger charge is -2.14. The highest BCUT2D eigenvalue weighted by atomic mass is 19.4. The van der Waals surface area contributed by atoms with Gasteiger partial charge in [0.15, 0.2) is 11.5 Å². The number of halogens is 3. The first-order valence-corrected chi connectivity index (χ1v) is 4.07. The van der Waals surface area contributed by atoms with Crippen LogP contribution >= 0.6 is 0 Å². The second-order valence-electron chi connectivity index (χ2n) is 2.69. The molecule has 1 aromatic rings. The fraction of sp³-hybridized carbons (Fsp3) is 0.100. The van der Waals surface area contributed by atoms with Crippen molar-refractivity contribution in [1.29, 1.82) is 0 Å². The van der Waals surface area contributed by atoms with E-state index in [1.54, 1.807) is 6.11 Å². The van der Waals surface area contributed by atoms with Crippen LogP contribution in [0.15, 0.2) is 18.2 Å². The first-order chi connectivity index (χ1) is 7.85. The molecule has 0 aliphatic carbocycles. The second kappa shape index (κ2) is 4.65. The van der Waals surface area contributed by atoms with Crippen LogP contribution in [0.25, 0.3) is 0 Å². The minimum Gasteiger partial charge on any atom is -0.545 e. The smallest absolute Gasteiger partial charge is 0.545 e. The SMILES string of the molecule is C#COc1c(OC(F)(F)F)cccc1C(=O)[O-]. The van der Waals surface area contributed by atoms with Crippen LogP contribution in [0.3, 0.4) is 0 Å². The van der Waals surface area contributed by atoms with E-state index in [2.05, 4.69) is 9.47 Å². The van der Waals surface area contributed by atoms with Crippen molar-refractivity contribution in [3.05, 3.63) is 23.8 Å². The maximum atomic E-state index is 12.0. The van der Waals surface area contributed by atoms with Gasteiger partial charge >= 0.3 is 6.36 Å². The third-order valence-electron chi connectivity index (χ3n) is 1.59. The molecule has 0 fully saturated rings. The van der Waals surface area contributed by atoms with Crippen LogP contribution in [0.5, 0.6) is 11.5 Å². The molecular formula is C10H4F3O4-. The van der Waals surface area contributed by atoms with E-state index in [-0.39, 0.29) is 0 Å². The Morgan fingerprint density at radius 2 is 2.06 bits per heavy atom. The summed E-state index contributed by atoms with van der Waals surface area (Å²) < 4.78 is 43.9. The third kappa shape index (κ3) is 3.31. The summed E-state index contributed by atoms with van der Waals surface area (Å²) in [6.07, 6.45) is 1.32. The van der Waals surface area contributed by atoms with E-state index in [1.165, 1.54) is 0 Å². The van der Waals surface area contributed by atoms with Crippen molar-refractivity contribution in [2.75, 3.05) is 0 Å². The normalized spacial score (nSPS) is 10.5. The molecule has 0 amide bonds. The Morgan fingerprint density at radius 1 is 1.41 bits per heavy atom. The molecule has 0 bridgehead atoms. The average molecular weight is 245 g/mol. The first-order valence-electron chi connectivity index (χ1n) is 4.07. The number of aromatic carboxylic acids is 1. The van der Waals surface area contributed by atoms with Gasteiger partial charge in [0.25, 0.3) is 0 Å². The van der Waals surface area contributed by atoms with E-state index < -0.39 is 29.4 Å². The Balaban J connectivity index is 3.26. The van der Waals surface area contributed by atoms with E-state index in [4.69, 9.17) is 6.42 Å². The largest absolute Gasteiger partial charge is 0.573 e. The number of hydrogen-bond acceptors (Lipinski definition) is 4. The number of hydrogen-bond donors (Lipinski definition) is 0. The quantitative estimate of drug-likeness (QED) is 0.743. The number of benzene rings is 1. The van der Waals surface area contributed by atoms with Gasteiger partial charge in [0.05, 0.1) is 5.97 Å². The lowest BCUT2D eigenvalue weighted by atomic mass is 10.2. The van der Waals surface area contributed by atoms with Gasteiger partial charge in [-0.2, -0.15) is 0 Å². The third-order valence-corrected chi connectivity index (χ3v) is 1.59. The van der Waals surface area contributed by atoms with E-state index >= 15 is 0 Å². The number of carboxylic acid groups (broad SMARTS) is 1. The average Bonchev–Trinajstić information content (AvgIpc) is 2.18. The van der Waals surface area contributed by atoms with Crippen molar-refractivity contribution in [3.63, 3.8) is 0 Å². The van der Waals surface area contributed by atoms with Crippen molar-refractivity contribution in [3.8, 4) is 24.0 Å². The van der Waals surface area contributed by atoms with Gasteiger partial charge in [0.1, 0.15) is 6.11 Å². The van der Waals surface area contributed by atoms with Crippen molar-refractivity contribution in [1.82, 2.24) is 0 Å². The Morgan fingerprint density at radius 3 is 2.53 bits per heavy atom. The van der Waals surface area contributed by atoms with Crippen LogP contribution in [0.2, 0.25) is 0 Å². The predicted octanol–water partition coefficient (Wildman–Crippen LogP) is 0.918. The van der Waals surface area contributed by atoms with Crippen LogP contribution in [-0.2, 0) is 0 Å². The summed E-state index contributed by atoms with van der Waals surface area (Å²) in [5, 5.41) is 10.6. The van der Waals surface area contributed by atoms with Crippen molar-refractivity contribution >= 4 is 5.97 Å². The number of terminal acetylenes is 1. The molecule has 17 heavy (non-hydrogen) atoms. The number of carbonyl (C=O) groups is 1. The molecular weight excluding hydrogens is 241 g/mol. The van der Waals surface area contributed by atoms with E-state index in [0.29, 0.717) is 0 Å². The zero-order chi connectivity index (χ0) is 13.1. The van der Waals surface area contributed by atoms with Gasteiger partial charge in [-0.25, -0.2) is 0 Å². The number of carboxylic acids is 1. The molecule has 90 valence electrons. The summed E-state index contributed by atoms with van der Waals surface area (Å²) in [5.41, 5.74) is -0.635. The Bertz CT molecular complexity index is 473. The number of ether oxygens (including phenoxy) is 2. The maximum absolute atomic E-state index is 12.0. The highest BCUT2D eigenvalue weighted by molar-refractivity contribution is 5.90. The maximum Gasteiger partial charge on any atom is 0.573 e. The van der Waals surface area contributed by atoms with Crippen LogP contribution in [0, 0.1) is 12.5 Å². The molecule has 0 atom stereocenters. The molecule has 0 heterocycles. The molecule has 0 radical (unpaired) electrons. The van der Waals surface area contributed by atoms with Gasteiger partial charge < -0.3 is 19.4 Å². The van der Waals surface area contributed by atoms with E-state index in [9.17, 15) is 23.1 Å². The number of para-hydroxylation sites is 1. The van der Waals surface area contributed by atoms with Crippen LogP contribution in [0.4, 0.5) is 13.2 Å². The monoisotopic (exact) mass is 245 g/mol. The molecule has 0 aliphatic rings. The lowest BCUT2D eigenvalue weighted by molar-refractivity contribution is -0.275. The zero-order valence-electron chi connectivity index (χ0n) is 8.08. The molecule has 0 spiro atoms. The van der Waals surface area contributed by atoms with Crippen LogP contribution in [0.1, 0.15) is 10.4 Å². The molecule has 0 aromatic heterocycles. The predicted molar refractivity (Wildman–Crippen MR) is 46.9 cm³/mol. The Labute approximate surface area is 93.6 Å². The second-order valence-corrected chi connectivity index (χ2v) is 2.69. The van der Waals surface area contributed by atoms with Gasteiger partial charge in [-0.3, -0.25) is 0 Å². The molecule has 4 nitrogen and oxygen atoms in total. The number of alkyl halides is 3. The molecule has 0 unspecified atom stereocenters. The highest BCUT2D eigenvalue weighted by Gasteiger charge is 2.33.